The van der Waals surface area contributed by atoms with Gasteiger partial charge in [0.2, 0.25) is 0 Å². The Morgan fingerprint density at radius 1 is 0.352 bits per heavy atom. The van der Waals surface area contributed by atoms with Crippen molar-refractivity contribution in [1.82, 2.24) is 0 Å². The third kappa shape index (κ3) is 52.5. The molecule has 0 aromatic heterocycles. The van der Waals surface area contributed by atoms with Crippen molar-refractivity contribution in [2.75, 3.05) is 40.6 Å². The van der Waals surface area contributed by atoms with Crippen molar-refractivity contribution in [2.45, 2.75) is 322 Å². The minimum absolute atomic E-state index is 0. The predicted octanol–water partition coefficient (Wildman–Crippen LogP) is 23.5. The van der Waals surface area contributed by atoms with E-state index in [1.54, 1.807) is 34.8 Å². The maximum absolute atomic E-state index is 13.1. The molecule has 0 saturated carbocycles. The van der Waals surface area contributed by atoms with Crippen LogP contribution in [0.1, 0.15) is 299 Å². The molecule has 128 heavy (non-hydrogen) atoms. The lowest BCUT2D eigenvalue weighted by Gasteiger charge is -2.43. The van der Waals surface area contributed by atoms with E-state index in [2.05, 4.69) is 325 Å². The zero-order chi connectivity index (χ0) is 93.0. The molecule has 0 bridgehead atoms. The molecule has 0 amide bonds. The van der Waals surface area contributed by atoms with Crippen LogP contribution >= 0.6 is 0 Å². The highest BCUT2D eigenvalue weighted by Gasteiger charge is 2.50. The van der Waals surface area contributed by atoms with E-state index in [1.807, 2.05) is 19.9 Å². The second-order valence-corrected chi connectivity index (χ2v) is 30.1. The van der Waals surface area contributed by atoms with Gasteiger partial charge in [0.15, 0.2) is 36.4 Å². The van der Waals surface area contributed by atoms with Crippen LogP contribution < -0.4 is 0 Å². The molecule has 0 aromatic carbocycles. The van der Waals surface area contributed by atoms with Gasteiger partial charge in [-0.1, -0.05) is 193 Å². The molecular weight excluding hydrogens is 1610 g/mol. The van der Waals surface area contributed by atoms with Gasteiger partial charge in [-0.05, 0) is 262 Å². The molecule has 0 aliphatic carbocycles. The summed E-state index contributed by atoms with van der Waals surface area (Å²) in [6.45, 7) is 21.6. The van der Waals surface area contributed by atoms with E-state index >= 15 is 0 Å². The van der Waals surface area contributed by atoms with Gasteiger partial charge < -0.3 is 72.2 Å². The number of aliphatic hydroxyl groups is 3. The van der Waals surface area contributed by atoms with Crippen LogP contribution in [0.3, 0.4) is 0 Å². The topological polar surface area (TPSA) is 206 Å². The Morgan fingerprint density at radius 2 is 0.664 bits per heavy atom. The Hall–Kier alpha value is -12.4. The van der Waals surface area contributed by atoms with Crippen molar-refractivity contribution < 1.29 is 150 Å². The van der Waals surface area contributed by atoms with E-state index in [0.29, 0.717) is 18.9 Å². The Balaban J connectivity index is -0.0000000343. The van der Waals surface area contributed by atoms with Crippen molar-refractivity contribution in [3.63, 3.8) is 0 Å². The van der Waals surface area contributed by atoms with Gasteiger partial charge in [-0.15, -0.1) is 0 Å². The average molecular weight is 1820 g/mol. The summed E-state index contributed by atoms with van der Waals surface area (Å²) in [7, 11) is 3.07. The first-order chi connectivity index (χ1) is 62.3. The van der Waals surface area contributed by atoms with E-state index < -0.39 is 97.1 Å². The summed E-state index contributed by atoms with van der Waals surface area (Å²) in [5.41, 5.74) is 0. The number of aliphatic hydroxyl groups excluding tert-OH is 3. The number of hydrogen-bond donors (Lipinski definition) is 3. The number of allylic oxidation sites excluding steroid dienone is 1. The molecule has 16 atom stereocenters. The maximum atomic E-state index is 13.1. The smallest absolute Gasteiger partial charge is 0.385 e. The molecule has 0 radical (unpaired) electrons. The molecule has 758 valence electrons. The molecular formula is C111H212O17. The Morgan fingerprint density at radius 3 is 1.04 bits per heavy atom. The summed E-state index contributed by atoms with van der Waals surface area (Å²) in [6.07, 6.45) is 21.1. The van der Waals surface area contributed by atoms with E-state index in [9.17, 15) is 24.9 Å². The van der Waals surface area contributed by atoms with Crippen LogP contribution in [-0.4, -0.2) is 159 Å². The van der Waals surface area contributed by atoms with Gasteiger partial charge in [-0.2, -0.15) is 0 Å². The number of rotatable bonds is 39. The molecule has 0 spiro atoms. The minimum Gasteiger partial charge on any atom is -0.447 e. The molecule has 0 aromatic rings. The first-order valence-corrected chi connectivity index (χ1v) is 43.5. The largest absolute Gasteiger partial charge is 0.447 e. The van der Waals surface area contributed by atoms with Crippen molar-refractivity contribution >= 4 is 11.9 Å². The fourth-order valence-corrected chi connectivity index (χ4v) is 12.9. The van der Waals surface area contributed by atoms with Crippen LogP contribution in [0.4, 0.5) is 0 Å². The molecule has 4 aliphatic heterocycles. The molecule has 3 N–H and O–H groups in total. The number of methoxy groups -OCH3 is 2. The summed E-state index contributed by atoms with van der Waals surface area (Å²) < 4.78 is 71.8. The third-order valence-corrected chi connectivity index (χ3v) is 19.4. The number of ether oxygens (including phenoxy) is 12. The van der Waals surface area contributed by atoms with Gasteiger partial charge in [-0.3, -0.25) is 0 Å². The average Bonchev–Trinajstić information content (AvgIpc) is 1.63. The molecule has 4 aliphatic rings. The van der Waals surface area contributed by atoms with Crippen LogP contribution in [0, 0.1) is 302 Å². The number of carbonyl (C=O) groups is 2. The van der Waals surface area contributed by atoms with Crippen LogP contribution in [0.2, 0.25) is 0 Å². The van der Waals surface area contributed by atoms with Gasteiger partial charge in [0, 0.05) is 172 Å². The zero-order valence-electron chi connectivity index (χ0n) is 76.2. The van der Waals surface area contributed by atoms with E-state index in [4.69, 9.17) is 56.8 Å². The van der Waals surface area contributed by atoms with E-state index in [-0.39, 0.29) is 106 Å². The number of carbonyl (C=O) groups excluding carboxylic acids is 2. The first-order valence-electron chi connectivity index (χ1n) is 43.5. The fraction of sp³-hybridized carbons (Fsp3) is 0.532. The van der Waals surface area contributed by atoms with Crippen molar-refractivity contribution in [3.05, 3.63) is 12.2 Å². The summed E-state index contributed by atoms with van der Waals surface area (Å²) in [4.78, 5) is 26.1. The van der Waals surface area contributed by atoms with Gasteiger partial charge >= 0.3 is 11.9 Å². The van der Waals surface area contributed by atoms with Gasteiger partial charge in [-0.25, -0.2) is 9.59 Å². The van der Waals surface area contributed by atoms with E-state index in [0.717, 1.165) is 32.1 Å². The SMILES string of the molecule is CC#CC#CC#CC#CC#CC#CC#CC#CC#CC#CC#CC#CC(=O)O[C@@H](COC1OC(COC)C(C)C(C)C1C)[C@@H]1OC(C)(C)O[C@@H]1C=CCCCCCCCCCCCC.CC#CC#CC#CC#CC#CC#CC#CC#CC#CC#CC#CC#CC(=O)O[C@@H](COC1OC(COC)C(O)C(O)C1O)[C@@H]1OC(C)(C)O[C@@H]1CCCCCCCCCCCCCC.[HH].[HH].[HH].[HH].[HH].[HH].[HH].[HH].[HH].[HH].[HH].[HH].[HH].[HH].[HH].[HH].[HH].[HH].[HH].[HH].[HH].[HH].[HH].[HH].[HH].[HH].[HH].[HH].[HH].[HH].[HH].[HH].[HH].[HH].[HH].[HH].[HH].[HH].[HH].[HH].[HH].[HH].[HH].[HH].[HH].[HH].[HH].[HH]. The minimum atomic E-state index is -1.60. The highest BCUT2D eigenvalue weighted by Crippen LogP contribution is 2.38. The lowest BCUT2D eigenvalue weighted by Crippen LogP contribution is -2.59. The maximum Gasteiger partial charge on any atom is 0.385 e. The standard InChI is InChI=1S/C57H60O7.C54H56O10.48H2/c1-9-11-13-15-17-19-21-23-24-25-26-27-28-29-30-31-32-33-35-37-39-41-43-45-54(58)61-53(47-60-56-50(5)48(3)49(4)52(62-56)46-59-8)55-51(63-57(6,7)64-55)44-42-40-38-36-34-22-20-18-16-14-12-10-2;1-6-8-10-12-14-16-18-20-21-22-23-24-25-26-27-28-29-30-32-34-36-38-40-42-48(55)61-47(44-60-53-51(58)50(57)49(56)46(62-53)43-59-5)52-45(63-54(3,4)64-52)41-39-37-35-33-31-19-17-15-13-11-9-7-2;;;;;;;;;;;;;;;;;;;;;;;;;;;;;;;;;;;;;;;;;;;;;;;;/h42,44,48-53,55-56H,10,12,14,16,18,20,22,34,36,38,40,46-47H2,1-8H3;45-47,49-53,56-58H,7,9,11,13,15,17,19,31,33,35,37,39,41,43-44H2,1-5H3;48*1H/t48?,49?,50?,51-,52?,53+,55-,56?;45-,46?,47+,49?,50?,51?,52-,53?;;;;;;;;;;;;;;;;;;;;;;;;;;;;;;;;;;;;;;;;;;;;;;;;/m11................................................/s1. The quantitative estimate of drug-likeness (QED) is 0.0172. The monoisotopic (exact) mass is 1820 g/mol. The van der Waals surface area contributed by atoms with Gasteiger partial charge in [0.25, 0.3) is 0 Å². The summed E-state index contributed by atoms with van der Waals surface area (Å²) in [5, 5.41) is 31.5. The highest BCUT2D eigenvalue weighted by atomic mass is 16.8. The van der Waals surface area contributed by atoms with Crippen LogP contribution in [0.15, 0.2) is 12.2 Å². The van der Waals surface area contributed by atoms with Crippen molar-refractivity contribution in [3.8, 4) is 284 Å². The van der Waals surface area contributed by atoms with Crippen LogP contribution in [-0.2, 0) is 66.4 Å². The predicted molar refractivity (Wildman–Crippen MR) is 597 cm³/mol. The third-order valence-electron chi connectivity index (χ3n) is 19.4. The fourth-order valence-electron chi connectivity index (χ4n) is 12.9. The molecule has 4 rings (SSSR count). The van der Waals surface area contributed by atoms with Crippen LogP contribution in [0.5, 0.6) is 0 Å². The zero-order valence-corrected chi connectivity index (χ0v) is 76.2. The molecule has 4 saturated heterocycles. The second-order valence-electron chi connectivity index (χ2n) is 30.1. The number of hydrogen-bond acceptors (Lipinski definition) is 17. The summed E-state index contributed by atoms with van der Waals surface area (Å²) in [6, 6.07) is 0. The molecule has 10 unspecified atom stereocenters. The van der Waals surface area contributed by atoms with Gasteiger partial charge in [0.1, 0.15) is 42.7 Å². The van der Waals surface area contributed by atoms with Crippen molar-refractivity contribution in [2.24, 2.45) is 17.8 Å². The van der Waals surface area contributed by atoms with Crippen LogP contribution in [0.25, 0.3) is 0 Å². The molecule has 4 heterocycles. The first kappa shape index (κ1) is 110. The second kappa shape index (κ2) is 71.7. The summed E-state index contributed by atoms with van der Waals surface area (Å²) in [5.74, 6) is 118. The lowest BCUT2D eigenvalue weighted by molar-refractivity contribution is -0.307. The highest BCUT2D eigenvalue weighted by molar-refractivity contribution is 5.89. The normalized spacial score (nSPS) is 20.8. The van der Waals surface area contributed by atoms with E-state index in [1.165, 1.54) is 123 Å². The molecule has 17 nitrogen and oxygen atoms in total. The number of unbranched alkanes of at least 4 members (excludes halogenated alkanes) is 21. The Kier molecular flexibility index (Phi) is 61.5. The lowest BCUT2D eigenvalue weighted by atomic mass is 9.79. The Labute approximate surface area is 836 Å². The Bertz CT molecular complexity index is 5440. The molecule has 17 heteroatoms. The number of esters is 2. The van der Waals surface area contributed by atoms with Gasteiger partial charge in [0.05, 0.1) is 38.6 Å². The molecule has 4 fully saturated rings. The summed E-state index contributed by atoms with van der Waals surface area (Å²) >= 11 is 0. The van der Waals surface area contributed by atoms with Crippen molar-refractivity contribution in [1.29, 1.82) is 0 Å².